The standard InChI is InChI=1S/C17H12N2O4/c20-16-7-2-1-6-15(16)18-11-14-8-9-17(23-14)12-4-3-5-13(10-12)19(21)22/h1-11,20H/b18-11+. The number of nitro benzene ring substituents is 1. The van der Waals surface area contributed by atoms with E-state index in [0.717, 1.165) is 0 Å². The van der Waals surface area contributed by atoms with Crippen molar-refractivity contribution in [1.29, 1.82) is 0 Å². The van der Waals surface area contributed by atoms with Crippen LogP contribution in [0.2, 0.25) is 0 Å². The lowest BCUT2D eigenvalue weighted by Crippen LogP contribution is -1.87. The molecule has 0 saturated carbocycles. The number of non-ortho nitro benzene ring substituents is 1. The summed E-state index contributed by atoms with van der Waals surface area (Å²) in [5.41, 5.74) is 1.05. The lowest BCUT2D eigenvalue weighted by Gasteiger charge is -1.97. The molecule has 114 valence electrons. The van der Waals surface area contributed by atoms with Crippen molar-refractivity contribution in [3.63, 3.8) is 0 Å². The Morgan fingerprint density at radius 2 is 1.91 bits per heavy atom. The van der Waals surface area contributed by atoms with Gasteiger partial charge >= 0.3 is 0 Å². The molecule has 3 aromatic rings. The fourth-order valence-electron chi connectivity index (χ4n) is 2.06. The maximum atomic E-state index is 10.8. The van der Waals surface area contributed by atoms with Gasteiger partial charge in [-0.1, -0.05) is 24.3 Å². The molecule has 0 amide bonds. The van der Waals surface area contributed by atoms with Gasteiger partial charge in [-0.25, -0.2) is 4.99 Å². The molecule has 0 spiro atoms. The van der Waals surface area contributed by atoms with E-state index in [2.05, 4.69) is 4.99 Å². The summed E-state index contributed by atoms with van der Waals surface area (Å²) in [4.78, 5) is 14.5. The highest BCUT2D eigenvalue weighted by Crippen LogP contribution is 2.27. The Balaban J connectivity index is 1.85. The summed E-state index contributed by atoms with van der Waals surface area (Å²) in [5.74, 6) is 1.07. The molecule has 0 aliphatic rings. The van der Waals surface area contributed by atoms with Gasteiger partial charge in [0, 0.05) is 17.7 Å². The lowest BCUT2D eigenvalue weighted by atomic mass is 10.1. The second kappa shape index (κ2) is 6.15. The highest BCUT2D eigenvalue weighted by molar-refractivity contribution is 5.80. The molecule has 0 fully saturated rings. The third-order valence-electron chi connectivity index (χ3n) is 3.18. The number of nitrogens with zero attached hydrogens (tertiary/aromatic N) is 2. The maximum absolute atomic E-state index is 10.8. The second-order valence-corrected chi connectivity index (χ2v) is 4.76. The van der Waals surface area contributed by atoms with E-state index in [0.29, 0.717) is 22.8 Å². The van der Waals surface area contributed by atoms with E-state index in [9.17, 15) is 15.2 Å². The van der Waals surface area contributed by atoms with Gasteiger partial charge < -0.3 is 9.52 Å². The molecule has 6 nitrogen and oxygen atoms in total. The zero-order chi connectivity index (χ0) is 16.2. The minimum Gasteiger partial charge on any atom is -0.506 e. The van der Waals surface area contributed by atoms with Gasteiger partial charge in [0.2, 0.25) is 0 Å². The van der Waals surface area contributed by atoms with Crippen LogP contribution in [0.15, 0.2) is 70.1 Å². The zero-order valence-electron chi connectivity index (χ0n) is 11.9. The van der Waals surface area contributed by atoms with E-state index in [-0.39, 0.29) is 11.4 Å². The van der Waals surface area contributed by atoms with Crippen LogP contribution in [0, 0.1) is 10.1 Å². The Hall–Kier alpha value is -3.41. The van der Waals surface area contributed by atoms with Gasteiger partial charge in [-0.2, -0.15) is 0 Å². The van der Waals surface area contributed by atoms with Gasteiger partial charge in [0.05, 0.1) is 11.1 Å². The summed E-state index contributed by atoms with van der Waals surface area (Å²) in [5, 5.41) is 20.5. The Morgan fingerprint density at radius 1 is 1.09 bits per heavy atom. The molecule has 0 saturated heterocycles. The van der Waals surface area contributed by atoms with Gasteiger partial charge in [-0.15, -0.1) is 0 Å². The second-order valence-electron chi connectivity index (χ2n) is 4.76. The number of phenolic OH excluding ortho intramolecular Hbond substituents is 1. The predicted molar refractivity (Wildman–Crippen MR) is 86.2 cm³/mol. The molecule has 1 aromatic heterocycles. The van der Waals surface area contributed by atoms with Crippen LogP contribution in [-0.4, -0.2) is 16.2 Å². The van der Waals surface area contributed by atoms with Gasteiger partial charge in [-0.05, 0) is 24.3 Å². The molecule has 0 aliphatic carbocycles. The number of aliphatic imine (C=N–C) groups is 1. The minimum atomic E-state index is -0.451. The van der Waals surface area contributed by atoms with Gasteiger partial charge in [0.15, 0.2) is 0 Å². The minimum absolute atomic E-state index is 0.00308. The number of benzene rings is 2. The van der Waals surface area contributed by atoms with E-state index in [1.807, 2.05) is 0 Å². The summed E-state index contributed by atoms with van der Waals surface area (Å²) in [7, 11) is 0. The number of rotatable bonds is 4. The molecule has 1 heterocycles. The van der Waals surface area contributed by atoms with E-state index in [4.69, 9.17) is 4.42 Å². The molecule has 3 rings (SSSR count). The Morgan fingerprint density at radius 3 is 2.70 bits per heavy atom. The van der Waals surface area contributed by atoms with Crippen molar-refractivity contribution in [3.05, 3.63) is 76.5 Å². The van der Waals surface area contributed by atoms with Gasteiger partial charge in [-0.3, -0.25) is 10.1 Å². The number of nitro groups is 1. The van der Waals surface area contributed by atoms with Crippen molar-refractivity contribution in [3.8, 4) is 17.1 Å². The van der Waals surface area contributed by atoms with E-state index in [1.165, 1.54) is 18.3 Å². The van der Waals surface area contributed by atoms with Gasteiger partial charge in [0.25, 0.3) is 5.69 Å². The number of para-hydroxylation sites is 2. The van der Waals surface area contributed by atoms with Crippen LogP contribution >= 0.6 is 0 Å². The summed E-state index contributed by atoms with van der Waals surface area (Å²) in [6, 6.07) is 16.3. The maximum Gasteiger partial charge on any atom is 0.270 e. The van der Waals surface area contributed by atoms with Crippen molar-refractivity contribution >= 4 is 17.6 Å². The topological polar surface area (TPSA) is 88.9 Å². The predicted octanol–water partition coefficient (Wildman–Crippen LogP) is 4.31. The number of aromatic hydroxyl groups is 1. The number of furan rings is 1. The van der Waals surface area contributed by atoms with Crippen LogP contribution in [0.3, 0.4) is 0 Å². The highest BCUT2D eigenvalue weighted by Gasteiger charge is 2.09. The monoisotopic (exact) mass is 308 g/mol. The van der Waals surface area contributed by atoms with Crippen LogP contribution in [-0.2, 0) is 0 Å². The fraction of sp³-hybridized carbons (Fsp3) is 0. The molecule has 0 atom stereocenters. The summed E-state index contributed by atoms with van der Waals surface area (Å²) < 4.78 is 5.61. The van der Waals surface area contributed by atoms with Crippen LogP contribution in [0.4, 0.5) is 11.4 Å². The van der Waals surface area contributed by atoms with Crippen LogP contribution in [0.1, 0.15) is 5.76 Å². The number of hydrogen-bond acceptors (Lipinski definition) is 5. The molecule has 0 unspecified atom stereocenters. The molecule has 0 radical (unpaired) electrons. The molecule has 0 aliphatic heterocycles. The molecule has 2 aromatic carbocycles. The molecule has 1 N–H and O–H groups in total. The van der Waals surface area contributed by atoms with Crippen LogP contribution < -0.4 is 0 Å². The van der Waals surface area contributed by atoms with Crippen molar-refractivity contribution in [1.82, 2.24) is 0 Å². The van der Waals surface area contributed by atoms with Crippen molar-refractivity contribution in [2.24, 2.45) is 4.99 Å². The molecular weight excluding hydrogens is 296 g/mol. The molecule has 6 heteroatoms. The van der Waals surface area contributed by atoms with E-state index >= 15 is 0 Å². The summed E-state index contributed by atoms with van der Waals surface area (Å²) >= 11 is 0. The number of phenols is 1. The Labute approximate surface area is 131 Å². The summed E-state index contributed by atoms with van der Waals surface area (Å²) in [6.07, 6.45) is 1.48. The SMILES string of the molecule is O=[N+]([O-])c1cccc(-c2ccc(/C=N/c3ccccc3O)o2)c1. The third-order valence-corrected chi connectivity index (χ3v) is 3.18. The smallest absolute Gasteiger partial charge is 0.270 e. The molecule has 0 bridgehead atoms. The first kappa shape index (κ1) is 14.5. The first-order valence-corrected chi connectivity index (χ1v) is 6.80. The Bertz CT molecular complexity index is 884. The Kier molecular flexibility index (Phi) is 3.88. The average Bonchev–Trinajstić information content (AvgIpc) is 3.03. The van der Waals surface area contributed by atoms with Crippen molar-refractivity contribution in [2.45, 2.75) is 0 Å². The van der Waals surface area contributed by atoms with Crippen LogP contribution in [0.5, 0.6) is 5.75 Å². The fourth-order valence-corrected chi connectivity index (χ4v) is 2.06. The number of hydrogen-bond donors (Lipinski definition) is 1. The van der Waals surface area contributed by atoms with E-state index in [1.54, 1.807) is 48.5 Å². The summed E-state index contributed by atoms with van der Waals surface area (Å²) in [6.45, 7) is 0. The first-order chi connectivity index (χ1) is 11.1. The largest absolute Gasteiger partial charge is 0.506 e. The highest BCUT2D eigenvalue weighted by atomic mass is 16.6. The third kappa shape index (κ3) is 3.26. The molecular formula is C17H12N2O4. The zero-order valence-corrected chi connectivity index (χ0v) is 11.9. The average molecular weight is 308 g/mol. The van der Waals surface area contributed by atoms with E-state index < -0.39 is 4.92 Å². The van der Waals surface area contributed by atoms with Crippen molar-refractivity contribution in [2.75, 3.05) is 0 Å². The normalized spacial score (nSPS) is 11.0. The first-order valence-electron chi connectivity index (χ1n) is 6.80. The van der Waals surface area contributed by atoms with Crippen LogP contribution in [0.25, 0.3) is 11.3 Å². The lowest BCUT2D eigenvalue weighted by molar-refractivity contribution is -0.384. The quantitative estimate of drug-likeness (QED) is 0.442. The molecule has 23 heavy (non-hydrogen) atoms. The van der Waals surface area contributed by atoms with Crippen molar-refractivity contribution < 1.29 is 14.4 Å². The van der Waals surface area contributed by atoms with Gasteiger partial charge in [0.1, 0.15) is 23.0 Å².